The summed E-state index contributed by atoms with van der Waals surface area (Å²) in [6.07, 6.45) is -0.685. The molecule has 202 valence electrons. The van der Waals surface area contributed by atoms with Crippen LogP contribution in [0.5, 0.6) is 5.75 Å². The van der Waals surface area contributed by atoms with E-state index in [0.29, 0.717) is 5.56 Å². The van der Waals surface area contributed by atoms with Crippen LogP contribution in [0.15, 0.2) is 52.3 Å². The van der Waals surface area contributed by atoms with Crippen molar-refractivity contribution in [2.45, 2.75) is 42.7 Å². The first kappa shape index (κ1) is 29.1. The van der Waals surface area contributed by atoms with Gasteiger partial charge in [-0.3, -0.25) is 0 Å². The van der Waals surface area contributed by atoms with Crippen molar-refractivity contribution in [2.24, 2.45) is 5.92 Å². The van der Waals surface area contributed by atoms with Crippen LogP contribution < -0.4 is 4.74 Å². The summed E-state index contributed by atoms with van der Waals surface area (Å²) in [5.41, 5.74) is 1.47. The number of aliphatic hydroxyl groups is 1. The minimum Gasteiger partial charge on any atom is -0.487 e. The van der Waals surface area contributed by atoms with E-state index in [1.165, 1.54) is 34.9 Å². The average Bonchev–Trinajstić information content (AvgIpc) is 2.86. The van der Waals surface area contributed by atoms with Crippen LogP contribution in [0.2, 0.25) is 0 Å². The smallest absolute Gasteiger partial charge is 0.247 e. The van der Waals surface area contributed by atoms with Gasteiger partial charge in [0.1, 0.15) is 23.4 Å². The summed E-state index contributed by atoms with van der Waals surface area (Å²) >= 11 is 0. The van der Waals surface area contributed by atoms with Crippen LogP contribution in [0.4, 0.5) is 0 Å². The van der Waals surface area contributed by atoms with Crippen LogP contribution in [0.1, 0.15) is 25.0 Å². The molecular formula is C26H34N2O7S2. The Morgan fingerprint density at radius 3 is 2.54 bits per heavy atom. The van der Waals surface area contributed by atoms with Gasteiger partial charge in [-0.2, -0.15) is 8.61 Å². The van der Waals surface area contributed by atoms with E-state index in [0.717, 1.165) is 5.56 Å². The van der Waals surface area contributed by atoms with Crippen molar-refractivity contribution < 1.29 is 31.4 Å². The van der Waals surface area contributed by atoms with E-state index in [-0.39, 0.29) is 41.8 Å². The van der Waals surface area contributed by atoms with Gasteiger partial charge in [0.25, 0.3) is 0 Å². The maximum absolute atomic E-state index is 13.6. The van der Waals surface area contributed by atoms with Gasteiger partial charge in [0.05, 0.1) is 18.0 Å². The molecule has 0 radical (unpaired) electrons. The molecule has 1 aliphatic heterocycles. The highest BCUT2D eigenvalue weighted by Crippen LogP contribution is 2.34. The first-order valence-corrected chi connectivity index (χ1v) is 14.7. The molecule has 0 amide bonds. The van der Waals surface area contributed by atoms with Crippen LogP contribution >= 0.6 is 0 Å². The highest BCUT2D eigenvalue weighted by Gasteiger charge is 2.39. The van der Waals surface area contributed by atoms with Crippen molar-refractivity contribution in [3.8, 4) is 17.6 Å². The van der Waals surface area contributed by atoms with Crippen LogP contribution in [0, 0.1) is 24.7 Å². The molecule has 3 rings (SSSR count). The van der Waals surface area contributed by atoms with Crippen molar-refractivity contribution in [1.29, 1.82) is 0 Å². The van der Waals surface area contributed by atoms with E-state index < -0.39 is 38.1 Å². The Hall–Kier alpha value is -2.46. The van der Waals surface area contributed by atoms with E-state index in [4.69, 9.17) is 9.47 Å². The van der Waals surface area contributed by atoms with Crippen molar-refractivity contribution in [2.75, 3.05) is 40.5 Å². The number of benzene rings is 2. The summed E-state index contributed by atoms with van der Waals surface area (Å²) in [6.45, 7) is 5.17. The number of fused-ring (bicyclic) bond motifs is 1. The Morgan fingerprint density at radius 1 is 1.24 bits per heavy atom. The molecule has 0 fully saturated rings. The summed E-state index contributed by atoms with van der Waals surface area (Å²) in [5.74, 6) is 5.41. The zero-order valence-corrected chi connectivity index (χ0v) is 23.3. The lowest BCUT2D eigenvalue weighted by Gasteiger charge is -2.37. The van der Waals surface area contributed by atoms with Gasteiger partial charge >= 0.3 is 0 Å². The zero-order chi connectivity index (χ0) is 27.4. The fourth-order valence-corrected chi connectivity index (χ4v) is 6.98. The summed E-state index contributed by atoms with van der Waals surface area (Å²) < 4.78 is 67.3. The number of aryl methyl sites for hydroxylation is 1. The number of likely N-dealkylation sites (N-methyl/N-ethyl adjacent to an activating group) is 1. The molecule has 3 atom stereocenters. The van der Waals surface area contributed by atoms with E-state index in [9.17, 15) is 21.9 Å². The van der Waals surface area contributed by atoms with Crippen molar-refractivity contribution in [1.82, 2.24) is 8.61 Å². The Kier molecular flexibility index (Phi) is 9.39. The SMILES string of the molecule is COCC#Cc1ccc2c(c1)O[C@H](CN(C)S(=O)(=O)c1ccc(C)cc1)[C@@H](C)CN([C@H](C)CO)S2(=O)=O. The van der Waals surface area contributed by atoms with Gasteiger partial charge in [-0.1, -0.05) is 36.5 Å². The minimum absolute atomic E-state index is 0.0161. The molecule has 0 aliphatic carbocycles. The lowest BCUT2D eigenvalue weighted by atomic mass is 10.0. The number of aliphatic hydroxyl groups excluding tert-OH is 1. The Balaban J connectivity index is 2.04. The van der Waals surface area contributed by atoms with E-state index in [1.54, 1.807) is 44.2 Å². The molecule has 1 N–H and O–H groups in total. The number of methoxy groups -OCH3 is 1. The maximum Gasteiger partial charge on any atom is 0.247 e. The quantitative estimate of drug-likeness (QED) is 0.525. The third kappa shape index (κ3) is 6.52. The Bertz CT molecular complexity index is 1360. The normalized spacial score (nSPS) is 20.6. The fourth-order valence-electron chi connectivity index (χ4n) is 3.97. The number of ether oxygens (including phenoxy) is 2. The molecule has 1 aliphatic rings. The summed E-state index contributed by atoms with van der Waals surface area (Å²) in [6, 6.07) is 10.4. The van der Waals surface area contributed by atoms with Crippen molar-refractivity contribution in [3.05, 3.63) is 53.6 Å². The predicted molar refractivity (Wildman–Crippen MR) is 140 cm³/mol. The molecule has 1 heterocycles. The van der Waals surface area contributed by atoms with E-state index >= 15 is 0 Å². The number of hydrogen-bond donors (Lipinski definition) is 1. The van der Waals surface area contributed by atoms with Gasteiger partial charge in [0, 0.05) is 38.2 Å². The molecule has 9 nitrogen and oxygen atoms in total. The Morgan fingerprint density at radius 2 is 1.92 bits per heavy atom. The second kappa shape index (κ2) is 11.9. The minimum atomic E-state index is -4.01. The molecule has 37 heavy (non-hydrogen) atoms. The number of nitrogens with zero attached hydrogens (tertiary/aromatic N) is 2. The predicted octanol–water partition coefficient (Wildman–Crippen LogP) is 2.08. The first-order valence-electron chi connectivity index (χ1n) is 11.9. The van der Waals surface area contributed by atoms with Crippen LogP contribution in [0.25, 0.3) is 0 Å². The third-order valence-electron chi connectivity index (χ3n) is 6.28. The van der Waals surface area contributed by atoms with Gasteiger partial charge in [-0.15, -0.1) is 0 Å². The van der Waals surface area contributed by atoms with Crippen LogP contribution in [-0.2, 0) is 24.8 Å². The van der Waals surface area contributed by atoms with Gasteiger partial charge in [0.2, 0.25) is 20.0 Å². The first-order chi connectivity index (χ1) is 17.4. The highest BCUT2D eigenvalue weighted by molar-refractivity contribution is 7.89. The maximum atomic E-state index is 13.6. The zero-order valence-electron chi connectivity index (χ0n) is 21.7. The highest BCUT2D eigenvalue weighted by atomic mass is 32.2. The molecule has 0 aromatic heterocycles. The molecular weight excluding hydrogens is 516 g/mol. The number of rotatable bonds is 7. The van der Waals surface area contributed by atoms with Crippen molar-refractivity contribution >= 4 is 20.0 Å². The van der Waals surface area contributed by atoms with Gasteiger partial charge in [0.15, 0.2) is 0 Å². The summed E-state index contributed by atoms with van der Waals surface area (Å²) in [4.78, 5) is 0.0966. The van der Waals surface area contributed by atoms with E-state index in [2.05, 4.69) is 11.8 Å². The summed E-state index contributed by atoms with van der Waals surface area (Å²) in [7, 11) is -4.83. The Labute approximate surface area is 220 Å². The number of hydrogen-bond acceptors (Lipinski definition) is 7. The van der Waals surface area contributed by atoms with Crippen LogP contribution in [0.3, 0.4) is 0 Å². The van der Waals surface area contributed by atoms with E-state index in [1.807, 2.05) is 6.92 Å². The second-order valence-corrected chi connectivity index (χ2v) is 13.1. The van der Waals surface area contributed by atoms with Gasteiger partial charge < -0.3 is 14.6 Å². The lowest BCUT2D eigenvalue weighted by Crippen LogP contribution is -2.50. The average molecular weight is 551 g/mol. The topological polar surface area (TPSA) is 113 Å². The molecule has 0 saturated heterocycles. The molecule has 2 aromatic carbocycles. The largest absolute Gasteiger partial charge is 0.487 e. The van der Waals surface area contributed by atoms with Gasteiger partial charge in [-0.25, -0.2) is 16.8 Å². The lowest BCUT2D eigenvalue weighted by molar-refractivity contribution is 0.0904. The monoisotopic (exact) mass is 550 g/mol. The van der Waals surface area contributed by atoms with Gasteiger partial charge in [-0.05, 0) is 44.2 Å². The number of sulfonamides is 2. The molecule has 0 spiro atoms. The van der Waals surface area contributed by atoms with Crippen molar-refractivity contribution in [3.63, 3.8) is 0 Å². The standard InChI is InChI=1S/C26H34N2O7S2/c1-19-8-11-23(12-9-19)36(30,31)27(4)17-25-20(2)16-28(21(3)18-29)37(32,33)26-13-10-22(7-6-14-34-5)15-24(26)35-25/h8-13,15,20-21,25,29H,14,16-18H2,1-5H3/t20-,21+,25+/m0/s1. The third-order valence-corrected chi connectivity index (χ3v) is 10.1. The molecule has 0 bridgehead atoms. The summed E-state index contributed by atoms with van der Waals surface area (Å²) in [5, 5.41) is 9.79. The molecule has 2 aromatic rings. The second-order valence-electron chi connectivity index (χ2n) is 9.23. The molecule has 11 heteroatoms. The van der Waals surface area contributed by atoms with Crippen LogP contribution in [-0.4, -0.2) is 83.2 Å². The molecule has 0 unspecified atom stereocenters. The fraction of sp³-hybridized carbons (Fsp3) is 0.462. The molecule has 0 saturated carbocycles.